The molecule has 11 aromatic rings. The van der Waals surface area contributed by atoms with Gasteiger partial charge in [0.1, 0.15) is 0 Å². The van der Waals surface area contributed by atoms with E-state index >= 15 is 0 Å². The van der Waals surface area contributed by atoms with Crippen LogP contribution in [-0.4, -0.2) is 5.71 Å². The van der Waals surface area contributed by atoms with Gasteiger partial charge in [0.25, 0.3) is 0 Å². The molecule has 0 fully saturated rings. The highest BCUT2D eigenvalue weighted by atomic mass is 32.1. The molecule has 0 saturated heterocycles. The van der Waals surface area contributed by atoms with E-state index in [0.717, 1.165) is 28.1 Å². The highest BCUT2D eigenvalue weighted by Crippen LogP contribution is 2.47. The summed E-state index contributed by atoms with van der Waals surface area (Å²) >= 11 is 3.77. The third kappa shape index (κ3) is 5.46. The average Bonchev–Trinajstić information content (AvgIpc) is 3.87. The molecule has 0 amide bonds. The van der Waals surface area contributed by atoms with Crippen LogP contribution < -0.4 is 0 Å². The first-order valence-electron chi connectivity index (χ1n) is 19.7. The molecule has 0 aliphatic carbocycles. The lowest BCUT2D eigenvalue weighted by atomic mass is 9.90. The van der Waals surface area contributed by atoms with E-state index in [1.807, 2.05) is 22.7 Å². The fourth-order valence-electron chi connectivity index (χ4n) is 8.99. The van der Waals surface area contributed by atoms with E-state index in [2.05, 4.69) is 196 Å². The molecule has 0 saturated carbocycles. The van der Waals surface area contributed by atoms with Gasteiger partial charge in [0.2, 0.25) is 0 Å². The fraction of sp³-hybridized carbons (Fsp3) is 0.0364. The third-order valence-electron chi connectivity index (χ3n) is 11.9. The Morgan fingerprint density at radius 3 is 1.72 bits per heavy atom. The maximum Gasteiger partial charge on any atom is 0.0741 e. The Hall–Kier alpha value is -6.65. The van der Waals surface area contributed by atoms with E-state index in [4.69, 9.17) is 4.99 Å². The van der Waals surface area contributed by atoms with Gasteiger partial charge in [0.05, 0.1) is 11.4 Å². The minimum absolute atomic E-state index is 0.739. The number of aliphatic imine (C=N–C) groups is 1. The molecule has 1 nitrogen and oxygen atoms in total. The van der Waals surface area contributed by atoms with E-state index in [-0.39, 0.29) is 0 Å². The van der Waals surface area contributed by atoms with Crippen molar-refractivity contribution in [2.24, 2.45) is 4.99 Å². The summed E-state index contributed by atoms with van der Waals surface area (Å²) in [4.78, 5) is 5.43. The maximum atomic E-state index is 5.43. The smallest absolute Gasteiger partial charge is 0.0741 e. The van der Waals surface area contributed by atoms with Gasteiger partial charge in [0, 0.05) is 57.0 Å². The molecule has 0 radical (unpaired) electrons. The highest BCUT2D eigenvalue weighted by Gasteiger charge is 2.20. The molecule has 0 unspecified atom stereocenters. The van der Waals surface area contributed by atoms with Gasteiger partial charge in [-0.3, -0.25) is 0 Å². The molecule has 0 atom stereocenters. The molecule has 9 aromatic carbocycles. The topological polar surface area (TPSA) is 12.4 Å². The Balaban J connectivity index is 1.09. The van der Waals surface area contributed by atoms with Crippen molar-refractivity contribution in [3.05, 3.63) is 205 Å². The van der Waals surface area contributed by atoms with Crippen molar-refractivity contribution in [3.8, 4) is 11.1 Å². The summed E-state index contributed by atoms with van der Waals surface area (Å²) in [5.41, 5.74) is 9.87. The van der Waals surface area contributed by atoms with Crippen LogP contribution in [0.15, 0.2) is 193 Å². The molecule has 0 spiro atoms. The molecule has 0 aliphatic rings. The van der Waals surface area contributed by atoms with Gasteiger partial charge in [-0.1, -0.05) is 158 Å². The van der Waals surface area contributed by atoms with Crippen LogP contribution in [0.1, 0.15) is 30.5 Å². The second-order valence-electron chi connectivity index (χ2n) is 15.1. The normalized spacial score (nSPS) is 12.8. The number of allylic oxidation sites excluding steroid dienone is 2. The SMILES string of the molecule is C=C(/N=C(\C(C)=C(/C)c1cccc2sc3cccc(-c4cccc5c4sc4ccccc45)c3c12)c1ccccc1)c1ccc2c3ccccc3c3ccccc3c2c1. The standard InChI is InChI=1S/C55H37NS2/c1-33(38-23-14-28-50-52(38)53-45(24-15-29-51(53)57-50)47-26-13-25-46-44-22-11-12-27-49(44)58-55(46)47)34(2)54(36-16-5-4-6-17-36)56-35(3)37-30-31-43-41-20-8-7-18-39(41)40-19-9-10-21-42(40)48(43)32-37/h4-32H,3H2,1-2H3/b34-33+,56-54+. The molecule has 274 valence electrons. The number of hydrogen-bond donors (Lipinski definition) is 0. The molecule has 0 N–H and O–H groups in total. The zero-order valence-electron chi connectivity index (χ0n) is 32.2. The van der Waals surface area contributed by atoms with Crippen LogP contribution in [0.5, 0.6) is 0 Å². The van der Waals surface area contributed by atoms with Gasteiger partial charge in [-0.15, -0.1) is 22.7 Å². The predicted octanol–water partition coefficient (Wildman–Crippen LogP) is 16.5. The van der Waals surface area contributed by atoms with Gasteiger partial charge in [-0.2, -0.15) is 0 Å². The van der Waals surface area contributed by atoms with Crippen LogP contribution >= 0.6 is 22.7 Å². The Morgan fingerprint density at radius 1 is 0.431 bits per heavy atom. The summed E-state index contributed by atoms with van der Waals surface area (Å²) in [6.07, 6.45) is 0. The first-order chi connectivity index (χ1) is 28.5. The van der Waals surface area contributed by atoms with E-state index in [1.54, 1.807) is 0 Å². The number of rotatable bonds is 6. The molecule has 58 heavy (non-hydrogen) atoms. The summed E-state index contributed by atoms with van der Waals surface area (Å²) in [6, 6.07) is 63.9. The van der Waals surface area contributed by atoms with Crippen molar-refractivity contribution in [1.82, 2.24) is 0 Å². The minimum atomic E-state index is 0.739. The van der Waals surface area contributed by atoms with Crippen LogP contribution in [0.25, 0.3) is 95.1 Å². The first-order valence-corrected chi connectivity index (χ1v) is 21.4. The molecule has 0 bridgehead atoms. The lowest BCUT2D eigenvalue weighted by molar-refractivity contribution is 1.44. The monoisotopic (exact) mass is 775 g/mol. The highest BCUT2D eigenvalue weighted by molar-refractivity contribution is 7.27. The van der Waals surface area contributed by atoms with Crippen molar-refractivity contribution < 1.29 is 0 Å². The van der Waals surface area contributed by atoms with Crippen molar-refractivity contribution >= 4 is 112 Å². The largest absolute Gasteiger partial charge is 0.248 e. The summed E-state index contributed by atoms with van der Waals surface area (Å²) in [5, 5.41) is 12.7. The Morgan fingerprint density at radius 2 is 0.983 bits per heavy atom. The van der Waals surface area contributed by atoms with E-state index in [0.29, 0.717) is 0 Å². The van der Waals surface area contributed by atoms with Gasteiger partial charge in [0.15, 0.2) is 0 Å². The summed E-state index contributed by atoms with van der Waals surface area (Å²) in [7, 11) is 0. The predicted molar refractivity (Wildman–Crippen MR) is 257 cm³/mol. The summed E-state index contributed by atoms with van der Waals surface area (Å²) in [6.45, 7) is 9.10. The van der Waals surface area contributed by atoms with Crippen molar-refractivity contribution in [2.75, 3.05) is 0 Å². The van der Waals surface area contributed by atoms with E-state index < -0.39 is 0 Å². The molecular formula is C55H37NS2. The number of nitrogens with zero attached hydrogens (tertiary/aromatic N) is 1. The molecule has 0 aliphatic heterocycles. The second-order valence-corrected chi connectivity index (χ2v) is 17.3. The van der Waals surface area contributed by atoms with Gasteiger partial charge >= 0.3 is 0 Å². The average molecular weight is 776 g/mol. The number of benzene rings is 9. The second kappa shape index (κ2) is 13.8. The summed E-state index contributed by atoms with van der Waals surface area (Å²) in [5.74, 6) is 0. The lowest BCUT2D eigenvalue weighted by Gasteiger charge is -2.16. The molecule has 2 aromatic heterocycles. The first kappa shape index (κ1) is 34.6. The van der Waals surface area contributed by atoms with Crippen LogP contribution in [0.3, 0.4) is 0 Å². The quantitative estimate of drug-likeness (QED) is 0.118. The maximum absolute atomic E-state index is 5.43. The Labute approximate surface area is 345 Å². The van der Waals surface area contributed by atoms with Crippen LogP contribution in [0.2, 0.25) is 0 Å². The van der Waals surface area contributed by atoms with Crippen LogP contribution in [0, 0.1) is 0 Å². The zero-order chi connectivity index (χ0) is 38.9. The Bertz CT molecular complexity index is 3510. The number of fused-ring (bicyclic) bond motifs is 12. The lowest BCUT2D eigenvalue weighted by Crippen LogP contribution is -2.05. The summed E-state index contributed by atoms with van der Waals surface area (Å²) < 4.78 is 5.24. The molecule has 2 heterocycles. The zero-order valence-corrected chi connectivity index (χ0v) is 33.8. The minimum Gasteiger partial charge on any atom is -0.248 e. The molecule has 11 rings (SSSR count). The molecular weight excluding hydrogens is 739 g/mol. The van der Waals surface area contributed by atoms with Gasteiger partial charge in [-0.05, 0) is 92.7 Å². The van der Waals surface area contributed by atoms with E-state index in [9.17, 15) is 0 Å². The van der Waals surface area contributed by atoms with Crippen LogP contribution in [0.4, 0.5) is 0 Å². The number of hydrogen-bond acceptors (Lipinski definition) is 3. The van der Waals surface area contributed by atoms with E-state index in [1.165, 1.54) is 94.9 Å². The Kier molecular flexibility index (Phi) is 8.21. The third-order valence-corrected chi connectivity index (χ3v) is 14.3. The molecule has 3 heteroatoms. The van der Waals surface area contributed by atoms with Crippen molar-refractivity contribution in [2.45, 2.75) is 13.8 Å². The van der Waals surface area contributed by atoms with Crippen LogP contribution in [-0.2, 0) is 0 Å². The van der Waals surface area contributed by atoms with Crippen molar-refractivity contribution in [1.29, 1.82) is 0 Å². The van der Waals surface area contributed by atoms with Gasteiger partial charge in [-0.25, -0.2) is 4.99 Å². The van der Waals surface area contributed by atoms with Crippen molar-refractivity contribution in [3.63, 3.8) is 0 Å². The van der Waals surface area contributed by atoms with Gasteiger partial charge < -0.3 is 0 Å². The fourth-order valence-corrected chi connectivity index (χ4v) is 11.4. The number of thiophene rings is 2.